The van der Waals surface area contributed by atoms with Crippen molar-refractivity contribution in [2.75, 3.05) is 0 Å². The molecule has 1 fully saturated rings. The number of fused-ring (bicyclic) bond motifs is 1. The zero-order valence-corrected chi connectivity index (χ0v) is 13.9. The van der Waals surface area contributed by atoms with Gasteiger partial charge < -0.3 is 4.57 Å². The van der Waals surface area contributed by atoms with Gasteiger partial charge in [0, 0.05) is 30.5 Å². The number of allylic oxidation sites excluding steroid dienone is 1. The van der Waals surface area contributed by atoms with Gasteiger partial charge in [0.05, 0.1) is 5.69 Å². The number of hydrogen-bond donors (Lipinski definition) is 0. The van der Waals surface area contributed by atoms with Gasteiger partial charge in [-0.2, -0.15) is 0 Å². The van der Waals surface area contributed by atoms with Gasteiger partial charge in [-0.25, -0.2) is 4.98 Å². The van der Waals surface area contributed by atoms with Crippen molar-refractivity contribution >= 4 is 17.4 Å². The molecule has 0 spiro atoms. The minimum absolute atomic E-state index is 0.0672. The Bertz CT molecular complexity index is 957. The fourth-order valence-electron chi connectivity index (χ4n) is 2.67. The van der Waals surface area contributed by atoms with Crippen molar-refractivity contribution in [1.29, 1.82) is 0 Å². The molecule has 7 heteroatoms. The maximum absolute atomic E-state index is 12.1. The van der Waals surface area contributed by atoms with Crippen LogP contribution in [0.2, 0.25) is 0 Å². The van der Waals surface area contributed by atoms with Crippen LogP contribution in [0.5, 0.6) is 0 Å². The highest BCUT2D eigenvalue weighted by Crippen LogP contribution is 2.40. The molecule has 3 aromatic heterocycles. The Morgan fingerprint density at radius 3 is 3.00 bits per heavy atom. The van der Waals surface area contributed by atoms with Gasteiger partial charge in [0.2, 0.25) is 0 Å². The Morgan fingerprint density at radius 1 is 1.33 bits per heavy atom. The van der Waals surface area contributed by atoms with Gasteiger partial charge in [-0.1, -0.05) is 23.9 Å². The predicted molar refractivity (Wildman–Crippen MR) is 93.2 cm³/mol. The average molecular weight is 339 g/mol. The molecule has 122 valence electrons. The molecule has 0 aliphatic heterocycles. The van der Waals surface area contributed by atoms with Crippen LogP contribution in [0.1, 0.15) is 30.3 Å². The van der Waals surface area contributed by atoms with Crippen LogP contribution in [0.25, 0.3) is 5.65 Å². The van der Waals surface area contributed by atoms with Gasteiger partial charge in [0.15, 0.2) is 5.16 Å². The van der Waals surface area contributed by atoms with Crippen molar-refractivity contribution in [2.24, 2.45) is 0 Å². The van der Waals surface area contributed by atoms with Crippen molar-refractivity contribution in [3.05, 3.63) is 65.0 Å². The lowest BCUT2D eigenvalue weighted by atomic mass is 10.4. The molecule has 3 heterocycles. The third-order valence-electron chi connectivity index (χ3n) is 3.97. The first-order valence-corrected chi connectivity index (χ1v) is 8.89. The Hall–Kier alpha value is -2.41. The summed E-state index contributed by atoms with van der Waals surface area (Å²) in [5.74, 6) is 2.17. The van der Waals surface area contributed by atoms with E-state index in [4.69, 9.17) is 0 Å². The second-order valence-electron chi connectivity index (χ2n) is 5.82. The molecule has 0 N–H and O–H groups in total. The van der Waals surface area contributed by atoms with E-state index in [1.165, 1.54) is 12.8 Å². The highest BCUT2D eigenvalue weighted by molar-refractivity contribution is 7.98. The van der Waals surface area contributed by atoms with Crippen LogP contribution in [0.3, 0.4) is 0 Å². The predicted octanol–water partition coefficient (Wildman–Crippen LogP) is 2.64. The monoisotopic (exact) mass is 339 g/mol. The smallest absolute Gasteiger partial charge is 0.258 e. The van der Waals surface area contributed by atoms with Crippen LogP contribution in [0.4, 0.5) is 0 Å². The summed E-state index contributed by atoms with van der Waals surface area (Å²) in [4.78, 5) is 16.7. The Balaban J connectivity index is 1.59. The molecule has 4 rings (SSSR count). The van der Waals surface area contributed by atoms with Crippen LogP contribution >= 0.6 is 11.8 Å². The first-order valence-electron chi connectivity index (χ1n) is 7.90. The number of pyridine rings is 1. The second kappa shape index (κ2) is 6.24. The van der Waals surface area contributed by atoms with Gasteiger partial charge in [0.1, 0.15) is 11.5 Å². The normalized spacial score (nSPS) is 14.2. The molecule has 0 bridgehead atoms. The minimum Gasteiger partial charge on any atom is -0.302 e. The lowest BCUT2D eigenvalue weighted by molar-refractivity contribution is 0.681. The number of thioether (sulfide) groups is 1. The quantitative estimate of drug-likeness (QED) is 0.510. The van der Waals surface area contributed by atoms with Crippen LogP contribution in [-0.2, 0) is 12.3 Å². The summed E-state index contributed by atoms with van der Waals surface area (Å²) in [6.45, 7) is 4.52. The maximum Gasteiger partial charge on any atom is 0.258 e. The van der Waals surface area contributed by atoms with Crippen LogP contribution < -0.4 is 5.56 Å². The number of nitrogens with zero attached hydrogens (tertiary/aromatic N) is 5. The molecule has 0 atom stereocenters. The molecule has 1 aliphatic carbocycles. The molecular formula is C17H17N5OS. The van der Waals surface area contributed by atoms with Crippen molar-refractivity contribution in [3.63, 3.8) is 0 Å². The van der Waals surface area contributed by atoms with Crippen molar-refractivity contribution in [2.45, 2.75) is 36.2 Å². The molecule has 24 heavy (non-hydrogen) atoms. The van der Waals surface area contributed by atoms with E-state index in [1.54, 1.807) is 28.4 Å². The van der Waals surface area contributed by atoms with E-state index in [2.05, 4.69) is 26.3 Å². The van der Waals surface area contributed by atoms with Gasteiger partial charge in [-0.05, 0) is 25.0 Å². The van der Waals surface area contributed by atoms with E-state index in [0.29, 0.717) is 23.9 Å². The molecule has 0 radical (unpaired) electrons. The average Bonchev–Trinajstić information content (AvgIpc) is 3.36. The summed E-state index contributed by atoms with van der Waals surface area (Å²) >= 11 is 1.55. The van der Waals surface area contributed by atoms with Crippen molar-refractivity contribution in [1.82, 2.24) is 24.1 Å². The molecule has 1 saturated carbocycles. The van der Waals surface area contributed by atoms with Crippen LogP contribution in [0, 0.1) is 0 Å². The topological polar surface area (TPSA) is 65.1 Å². The first kappa shape index (κ1) is 15.1. The standard InChI is InChI=1S/C17H17N5OS/c1-2-8-22-16(12-6-7-12)19-20-17(22)24-11-13-10-15(23)21-9-4-3-5-14(21)18-13/h2-5,9-10,12H,1,6-8,11H2. The van der Waals surface area contributed by atoms with E-state index in [1.807, 2.05) is 24.3 Å². The molecule has 1 aliphatic rings. The summed E-state index contributed by atoms with van der Waals surface area (Å²) in [5, 5.41) is 9.50. The van der Waals surface area contributed by atoms with Gasteiger partial charge in [0.25, 0.3) is 5.56 Å². The largest absolute Gasteiger partial charge is 0.302 e. The molecule has 0 saturated heterocycles. The van der Waals surface area contributed by atoms with Crippen LogP contribution in [0.15, 0.2) is 53.1 Å². The third-order valence-corrected chi connectivity index (χ3v) is 4.97. The van der Waals surface area contributed by atoms with Gasteiger partial charge >= 0.3 is 0 Å². The number of aromatic nitrogens is 5. The Labute approximate surface area is 143 Å². The summed E-state index contributed by atoms with van der Waals surface area (Å²) in [5.41, 5.74) is 1.34. The van der Waals surface area contributed by atoms with E-state index in [-0.39, 0.29) is 5.56 Å². The van der Waals surface area contributed by atoms with Crippen LogP contribution in [-0.4, -0.2) is 24.1 Å². The molecule has 6 nitrogen and oxygen atoms in total. The molecule has 0 aromatic carbocycles. The van der Waals surface area contributed by atoms with E-state index in [9.17, 15) is 4.79 Å². The fourth-order valence-corrected chi connectivity index (χ4v) is 3.51. The molecule has 0 amide bonds. The Kier molecular flexibility index (Phi) is 3.93. The molecule has 0 unspecified atom stereocenters. The SMILES string of the molecule is C=CCn1c(SCc2cc(=O)n3ccccc3n2)nnc1C1CC1. The maximum atomic E-state index is 12.1. The number of rotatable bonds is 6. The molecule has 3 aromatic rings. The lowest BCUT2D eigenvalue weighted by Gasteiger charge is -2.07. The minimum atomic E-state index is -0.0672. The van der Waals surface area contributed by atoms with Gasteiger partial charge in [-0.3, -0.25) is 9.20 Å². The van der Waals surface area contributed by atoms with E-state index >= 15 is 0 Å². The zero-order chi connectivity index (χ0) is 16.5. The number of hydrogen-bond acceptors (Lipinski definition) is 5. The summed E-state index contributed by atoms with van der Waals surface area (Å²) in [6, 6.07) is 7.11. The van der Waals surface area contributed by atoms with Crippen molar-refractivity contribution in [3.8, 4) is 0 Å². The summed E-state index contributed by atoms with van der Waals surface area (Å²) in [6.07, 6.45) is 5.95. The molecular weight excluding hydrogens is 322 g/mol. The first-order chi connectivity index (χ1) is 11.8. The van der Waals surface area contributed by atoms with E-state index in [0.717, 1.165) is 16.7 Å². The lowest BCUT2D eigenvalue weighted by Crippen LogP contribution is -2.14. The summed E-state index contributed by atoms with van der Waals surface area (Å²) in [7, 11) is 0. The zero-order valence-electron chi connectivity index (χ0n) is 13.1. The van der Waals surface area contributed by atoms with Crippen molar-refractivity contribution < 1.29 is 0 Å². The Morgan fingerprint density at radius 2 is 2.21 bits per heavy atom. The fraction of sp³-hybridized carbons (Fsp3) is 0.294. The second-order valence-corrected chi connectivity index (χ2v) is 6.76. The highest BCUT2D eigenvalue weighted by Gasteiger charge is 2.30. The summed E-state index contributed by atoms with van der Waals surface area (Å²) < 4.78 is 3.66. The highest BCUT2D eigenvalue weighted by atomic mass is 32.2. The van der Waals surface area contributed by atoms with Gasteiger partial charge in [-0.15, -0.1) is 16.8 Å². The third kappa shape index (κ3) is 2.87. The van der Waals surface area contributed by atoms with E-state index < -0.39 is 0 Å².